The number of hydrogen-bond acceptors (Lipinski definition) is 3. The average Bonchev–Trinajstić information content (AvgIpc) is 2.65. The zero-order chi connectivity index (χ0) is 12.5. The molecule has 0 unspecified atom stereocenters. The maximum absolute atomic E-state index is 12.0. The third kappa shape index (κ3) is 1.83. The first kappa shape index (κ1) is 11.4. The van der Waals surface area contributed by atoms with E-state index in [9.17, 15) is 10.1 Å². The fourth-order valence-corrected chi connectivity index (χ4v) is 3.31. The standard InChI is InChI=1S/C15H16N2O/c16-9-12-8-13-6-7-14(18)15(12)17(13)10-11-4-2-1-3-5-11/h1-5,12-13,15H,6-8,10H2/t12-,13-,15-/m1/s1. The van der Waals surface area contributed by atoms with Crippen LogP contribution in [0.25, 0.3) is 0 Å². The van der Waals surface area contributed by atoms with E-state index in [0.29, 0.717) is 12.5 Å². The number of nitriles is 1. The molecule has 0 N–H and O–H groups in total. The number of piperidine rings is 1. The summed E-state index contributed by atoms with van der Waals surface area (Å²) in [6, 6.07) is 12.8. The van der Waals surface area contributed by atoms with Gasteiger partial charge < -0.3 is 0 Å². The largest absolute Gasteiger partial charge is 0.298 e. The van der Waals surface area contributed by atoms with Gasteiger partial charge in [0.25, 0.3) is 0 Å². The van der Waals surface area contributed by atoms with Crippen LogP contribution in [0.1, 0.15) is 24.8 Å². The van der Waals surface area contributed by atoms with Crippen LogP contribution in [-0.2, 0) is 11.3 Å². The molecule has 0 amide bonds. The van der Waals surface area contributed by atoms with Gasteiger partial charge in [0.1, 0.15) is 0 Å². The monoisotopic (exact) mass is 240 g/mol. The van der Waals surface area contributed by atoms with Crippen molar-refractivity contribution in [2.75, 3.05) is 0 Å². The lowest BCUT2D eigenvalue weighted by molar-refractivity contribution is -0.127. The van der Waals surface area contributed by atoms with E-state index in [-0.39, 0.29) is 17.7 Å². The molecule has 1 aromatic rings. The molecule has 18 heavy (non-hydrogen) atoms. The van der Waals surface area contributed by atoms with E-state index >= 15 is 0 Å². The highest BCUT2D eigenvalue weighted by molar-refractivity contribution is 5.86. The molecule has 2 bridgehead atoms. The second-order valence-electron chi connectivity index (χ2n) is 5.23. The second kappa shape index (κ2) is 4.55. The molecule has 0 saturated carbocycles. The highest BCUT2D eigenvalue weighted by atomic mass is 16.1. The molecule has 3 heteroatoms. The van der Waals surface area contributed by atoms with E-state index in [1.165, 1.54) is 5.56 Å². The average molecular weight is 240 g/mol. The number of Topliss-reactive ketones (excluding diaryl/α,β-unsaturated/α-hetero) is 1. The van der Waals surface area contributed by atoms with Gasteiger partial charge in [-0.25, -0.2) is 0 Å². The third-order valence-electron chi connectivity index (χ3n) is 4.16. The molecule has 0 aromatic heterocycles. The molecule has 2 saturated heterocycles. The molecule has 1 aromatic carbocycles. The van der Waals surface area contributed by atoms with E-state index in [2.05, 4.69) is 23.1 Å². The number of carbonyl (C=O) groups excluding carboxylic acids is 1. The van der Waals surface area contributed by atoms with Crippen molar-refractivity contribution in [1.82, 2.24) is 4.90 Å². The Kier molecular flexibility index (Phi) is 2.89. The van der Waals surface area contributed by atoms with Crippen LogP contribution in [0.5, 0.6) is 0 Å². The Morgan fingerprint density at radius 3 is 2.83 bits per heavy atom. The van der Waals surface area contributed by atoms with Crippen LogP contribution in [0.2, 0.25) is 0 Å². The lowest BCUT2D eigenvalue weighted by Gasteiger charge is -2.33. The maximum atomic E-state index is 12.0. The highest BCUT2D eigenvalue weighted by Crippen LogP contribution is 2.38. The molecular weight excluding hydrogens is 224 g/mol. The first-order valence-corrected chi connectivity index (χ1v) is 6.51. The van der Waals surface area contributed by atoms with Gasteiger partial charge in [-0.3, -0.25) is 9.69 Å². The molecule has 0 radical (unpaired) electrons. The van der Waals surface area contributed by atoms with Gasteiger partial charge in [0.15, 0.2) is 5.78 Å². The second-order valence-corrected chi connectivity index (χ2v) is 5.23. The number of rotatable bonds is 2. The summed E-state index contributed by atoms with van der Waals surface area (Å²) in [4.78, 5) is 14.3. The van der Waals surface area contributed by atoms with Crippen molar-refractivity contribution >= 4 is 5.78 Å². The molecule has 3 rings (SSSR count). The van der Waals surface area contributed by atoms with Crippen molar-refractivity contribution in [3.05, 3.63) is 35.9 Å². The van der Waals surface area contributed by atoms with Gasteiger partial charge in [-0.2, -0.15) is 5.26 Å². The lowest BCUT2D eigenvalue weighted by Crippen LogP contribution is -2.46. The van der Waals surface area contributed by atoms with E-state index < -0.39 is 0 Å². The Balaban J connectivity index is 1.84. The number of fused-ring (bicyclic) bond motifs is 2. The summed E-state index contributed by atoms with van der Waals surface area (Å²) in [5, 5.41) is 9.19. The smallest absolute Gasteiger partial charge is 0.151 e. The quantitative estimate of drug-likeness (QED) is 0.795. The van der Waals surface area contributed by atoms with E-state index in [1.54, 1.807) is 0 Å². The number of nitrogens with zero attached hydrogens (tertiary/aromatic N) is 2. The van der Waals surface area contributed by atoms with Gasteiger partial charge in [-0.05, 0) is 18.4 Å². The van der Waals surface area contributed by atoms with Crippen LogP contribution in [0.4, 0.5) is 0 Å². The lowest BCUT2D eigenvalue weighted by atomic mass is 9.97. The van der Waals surface area contributed by atoms with E-state index in [4.69, 9.17) is 0 Å². The van der Waals surface area contributed by atoms with Crippen molar-refractivity contribution in [3.8, 4) is 6.07 Å². The maximum Gasteiger partial charge on any atom is 0.151 e. The Hall–Kier alpha value is -1.66. The Morgan fingerprint density at radius 2 is 2.11 bits per heavy atom. The number of hydrogen-bond donors (Lipinski definition) is 0. The number of benzene rings is 1. The summed E-state index contributed by atoms with van der Waals surface area (Å²) in [7, 11) is 0. The van der Waals surface area contributed by atoms with Crippen molar-refractivity contribution < 1.29 is 4.79 Å². The van der Waals surface area contributed by atoms with E-state index in [1.807, 2.05) is 18.2 Å². The third-order valence-corrected chi connectivity index (χ3v) is 4.16. The number of ketones is 1. The highest BCUT2D eigenvalue weighted by Gasteiger charge is 2.47. The first-order valence-electron chi connectivity index (χ1n) is 6.51. The fourth-order valence-electron chi connectivity index (χ4n) is 3.31. The Bertz CT molecular complexity index is 491. The SMILES string of the molecule is N#C[C@H]1C[C@H]2CCC(=O)[C@@H]1N2Cc1ccccc1. The van der Waals surface area contributed by atoms with Crippen LogP contribution >= 0.6 is 0 Å². The molecule has 92 valence electrons. The van der Waals surface area contributed by atoms with Crippen molar-refractivity contribution in [2.45, 2.75) is 37.9 Å². The molecule has 3 nitrogen and oxygen atoms in total. The van der Waals surface area contributed by atoms with Gasteiger partial charge in [0, 0.05) is 19.0 Å². The van der Waals surface area contributed by atoms with Gasteiger partial charge in [0.05, 0.1) is 18.0 Å². The summed E-state index contributed by atoms with van der Waals surface area (Å²) in [5.74, 6) is 0.153. The van der Waals surface area contributed by atoms with Crippen LogP contribution in [0.15, 0.2) is 30.3 Å². The van der Waals surface area contributed by atoms with Crippen molar-refractivity contribution in [2.24, 2.45) is 5.92 Å². The molecule has 0 spiro atoms. The first-order chi connectivity index (χ1) is 8.79. The zero-order valence-corrected chi connectivity index (χ0v) is 10.2. The van der Waals surface area contributed by atoms with Crippen LogP contribution in [0.3, 0.4) is 0 Å². The summed E-state index contributed by atoms with van der Waals surface area (Å²) in [6.07, 6.45) is 2.43. The molecule has 2 fully saturated rings. The minimum Gasteiger partial charge on any atom is -0.298 e. The van der Waals surface area contributed by atoms with Crippen LogP contribution < -0.4 is 0 Å². The van der Waals surface area contributed by atoms with Crippen molar-refractivity contribution in [3.63, 3.8) is 0 Å². The number of carbonyl (C=O) groups is 1. The molecule has 0 aliphatic carbocycles. The minimum atomic E-state index is -0.158. The van der Waals surface area contributed by atoms with Crippen molar-refractivity contribution in [1.29, 1.82) is 5.26 Å². The van der Waals surface area contributed by atoms with Gasteiger partial charge in [0.2, 0.25) is 0 Å². The van der Waals surface area contributed by atoms with Crippen LogP contribution in [0, 0.1) is 17.2 Å². The topological polar surface area (TPSA) is 44.1 Å². The van der Waals surface area contributed by atoms with Gasteiger partial charge in [-0.1, -0.05) is 30.3 Å². The molecule has 2 aliphatic heterocycles. The summed E-state index contributed by atoms with van der Waals surface area (Å²) >= 11 is 0. The van der Waals surface area contributed by atoms with Crippen LogP contribution in [-0.4, -0.2) is 22.8 Å². The molecule has 3 atom stereocenters. The molecule has 2 heterocycles. The summed E-state index contributed by atoms with van der Waals surface area (Å²) in [6.45, 7) is 0.792. The molecule has 2 aliphatic rings. The van der Waals surface area contributed by atoms with Gasteiger partial charge >= 0.3 is 0 Å². The van der Waals surface area contributed by atoms with E-state index in [0.717, 1.165) is 19.4 Å². The predicted molar refractivity (Wildman–Crippen MR) is 67.5 cm³/mol. The van der Waals surface area contributed by atoms with Gasteiger partial charge in [-0.15, -0.1) is 0 Å². The minimum absolute atomic E-state index is 0.103. The fraction of sp³-hybridized carbons (Fsp3) is 0.467. The summed E-state index contributed by atoms with van der Waals surface area (Å²) < 4.78 is 0. The molecular formula is C15H16N2O. The normalized spacial score (nSPS) is 31.3. The Morgan fingerprint density at radius 1 is 1.33 bits per heavy atom. The zero-order valence-electron chi connectivity index (χ0n) is 10.2. The summed E-state index contributed by atoms with van der Waals surface area (Å²) in [5.41, 5.74) is 1.22. The predicted octanol–water partition coefficient (Wildman–Crippen LogP) is 2.13. The Labute approximate surface area is 107 Å².